The molecule has 0 saturated heterocycles. The van der Waals surface area contributed by atoms with Crippen LogP contribution in [0.5, 0.6) is 5.75 Å². The first kappa shape index (κ1) is 18.1. The number of hydrogen-bond donors (Lipinski definition) is 2. The minimum atomic E-state index is 0. The Morgan fingerprint density at radius 2 is 2.00 bits per heavy atom. The molecule has 0 saturated carbocycles. The van der Waals surface area contributed by atoms with E-state index in [-0.39, 0.29) is 18.3 Å². The Balaban J connectivity index is 0.00000208. The van der Waals surface area contributed by atoms with Gasteiger partial charge in [0, 0.05) is 12.5 Å². The molecule has 3 N–H and O–H groups in total. The number of hydrogen-bond acceptors (Lipinski definition) is 3. The molecule has 2 aromatic carbocycles. The lowest BCUT2D eigenvalue weighted by atomic mass is 9.82. The standard InChI is InChI=1S/C19H22N2O2.ClH/c1-23-16-8-9-17(20)18(12-16)21-19(22)11-13-6-7-14-4-2-3-5-15(14)10-13;/h2-5,8-9,12-13H,6-7,10-11,20H2,1H3,(H,21,22);1H. The van der Waals surface area contributed by atoms with Gasteiger partial charge in [-0.3, -0.25) is 4.79 Å². The van der Waals surface area contributed by atoms with Crippen molar-refractivity contribution >= 4 is 29.7 Å². The molecular formula is C19H23ClN2O2. The minimum absolute atomic E-state index is 0. The van der Waals surface area contributed by atoms with Crippen LogP contribution in [-0.2, 0) is 17.6 Å². The lowest BCUT2D eigenvalue weighted by Gasteiger charge is -2.24. The third-order valence-corrected chi connectivity index (χ3v) is 4.46. The highest BCUT2D eigenvalue weighted by atomic mass is 35.5. The average Bonchev–Trinajstić information content (AvgIpc) is 2.56. The van der Waals surface area contributed by atoms with Crippen molar-refractivity contribution in [3.8, 4) is 5.75 Å². The van der Waals surface area contributed by atoms with E-state index in [1.807, 2.05) is 0 Å². The second-order valence-corrected chi connectivity index (χ2v) is 6.08. The average molecular weight is 347 g/mol. The van der Waals surface area contributed by atoms with Crippen LogP contribution in [0.25, 0.3) is 0 Å². The van der Waals surface area contributed by atoms with Gasteiger partial charge in [-0.25, -0.2) is 0 Å². The molecule has 1 unspecified atom stereocenters. The van der Waals surface area contributed by atoms with Crippen molar-refractivity contribution in [3.05, 3.63) is 53.6 Å². The van der Waals surface area contributed by atoms with Gasteiger partial charge < -0.3 is 15.8 Å². The Bertz CT molecular complexity index is 718. The number of nitrogen functional groups attached to an aromatic ring is 1. The molecular weight excluding hydrogens is 324 g/mol. The van der Waals surface area contributed by atoms with Crippen molar-refractivity contribution in [3.63, 3.8) is 0 Å². The van der Waals surface area contributed by atoms with Crippen LogP contribution in [0.3, 0.4) is 0 Å². The van der Waals surface area contributed by atoms with Gasteiger partial charge in [-0.15, -0.1) is 12.4 Å². The number of fused-ring (bicyclic) bond motifs is 1. The predicted octanol–water partition coefficient (Wildman–Crippen LogP) is 3.83. The molecule has 5 heteroatoms. The summed E-state index contributed by atoms with van der Waals surface area (Å²) in [5.41, 5.74) is 9.87. The summed E-state index contributed by atoms with van der Waals surface area (Å²) in [5.74, 6) is 1.08. The first-order valence-electron chi connectivity index (χ1n) is 7.96. The minimum Gasteiger partial charge on any atom is -0.497 e. The number of benzene rings is 2. The zero-order valence-electron chi connectivity index (χ0n) is 13.7. The maximum atomic E-state index is 12.3. The molecule has 0 spiro atoms. The fourth-order valence-electron chi connectivity index (χ4n) is 3.18. The van der Waals surface area contributed by atoms with Gasteiger partial charge in [-0.1, -0.05) is 24.3 Å². The molecule has 2 aromatic rings. The number of amides is 1. The fraction of sp³-hybridized carbons (Fsp3) is 0.316. The summed E-state index contributed by atoms with van der Waals surface area (Å²) in [7, 11) is 1.59. The fourth-order valence-corrected chi connectivity index (χ4v) is 3.18. The molecule has 1 atom stereocenters. The van der Waals surface area contributed by atoms with E-state index in [1.165, 1.54) is 11.1 Å². The first-order chi connectivity index (χ1) is 11.2. The van der Waals surface area contributed by atoms with Crippen molar-refractivity contribution in [1.29, 1.82) is 0 Å². The number of halogens is 1. The third-order valence-electron chi connectivity index (χ3n) is 4.46. The van der Waals surface area contributed by atoms with E-state index < -0.39 is 0 Å². The van der Waals surface area contributed by atoms with Crippen molar-refractivity contribution in [2.45, 2.75) is 25.7 Å². The highest BCUT2D eigenvalue weighted by Crippen LogP contribution is 2.29. The zero-order valence-corrected chi connectivity index (χ0v) is 14.6. The Morgan fingerprint density at radius 1 is 1.25 bits per heavy atom. The number of nitrogens with two attached hydrogens (primary N) is 1. The Kier molecular flexibility index (Phi) is 6.10. The topological polar surface area (TPSA) is 64.3 Å². The van der Waals surface area contributed by atoms with Crippen LogP contribution in [0.15, 0.2) is 42.5 Å². The van der Waals surface area contributed by atoms with Gasteiger partial charge in [-0.2, -0.15) is 0 Å². The highest BCUT2D eigenvalue weighted by Gasteiger charge is 2.21. The molecule has 0 heterocycles. The smallest absolute Gasteiger partial charge is 0.224 e. The molecule has 0 bridgehead atoms. The normalized spacial score (nSPS) is 15.8. The van der Waals surface area contributed by atoms with Gasteiger partial charge in [0.2, 0.25) is 5.91 Å². The molecule has 0 radical (unpaired) electrons. The van der Waals surface area contributed by atoms with Crippen LogP contribution in [0, 0.1) is 5.92 Å². The largest absolute Gasteiger partial charge is 0.497 e. The molecule has 1 amide bonds. The van der Waals surface area contributed by atoms with Crippen LogP contribution in [0.4, 0.5) is 11.4 Å². The Labute approximate surface area is 148 Å². The van der Waals surface area contributed by atoms with E-state index in [0.717, 1.165) is 19.3 Å². The van der Waals surface area contributed by atoms with Crippen molar-refractivity contribution in [2.24, 2.45) is 5.92 Å². The highest BCUT2D eigenvalue weighted by molar-refractivity contribution is 5.94. The molecule has 24 heavy (non-hydrogen) atoms. The van der Waals surface area contributed by atoms with Crippen molar-refractivity contribution in [2.75, 3.05) is 18.2 Å². The van der Waals surface area contributed by atoms with Crippen LogP contribution in [0.1, 0.15) is 24.0 Å². The summed E-state index contributed by atoms with van der Waals surface area (Å²) < 4.78 is 5.17. The van der Waals surface area contributed by atoms with Crippen LogP contribution < -0.4 is 15.8 Å². The van der Waals surface area contributed by atoms with Crippen LogP contribution >= 0.6 is 12.4 Å². The number of aryl methyl sites for hydroxylation is 1. The van der Waals surface area contributed by atoms with E-state index in [9.17, 15) is 4.79 Å². The van der Waals surface area contributed by atoms with Crippen LogP contribution in [0.2, 0.25) is 0 Å². The van der Waals surface area contributed by atoms with Gasteiger partial charge in [0.05, 0.1) is 18.5 Å². The van der Waals surface area contributed by atoms with Gasteiger partial charge in [0.1, 0.15) is 5.75 Å². The maximum Gasteiger partial charge on any atom is 0.224 e. The quantitative estimate of drug-likeness (QED) is 0.827. The number of rotatable bonds is 4. The summed E-state index contributed by atoms with van der Waals surface area (Å²) in [6.07, 6.45) is 3.59. The summed E-state index contributed by atoms with van der Waals surface area (Å²) >= 11 is 0. The number of carbonyl (C=O) groups excluding carboxylic acids is 1. The Hall–Kier alpha value is -2.20. The summed E-state index contributed by atoms with van der Waals surface area (Å²) in [6, 6.07) is 13.8. The molecule has 4 nitrogen and oxygen atoms in total. The van der Waals surface area contributed by atoms with E-state index >= 15 is 0 Å². The van der Waals surface area contributed by atoms with E-state index in [4.69, 9.17) is 10.5 Å². The number of ether oxygens (including phenoxy) is 1. The molecule has 3 rings (SSSR count). The Morgan fingerprint density at radius 3 is 2.75 bits per heavy atom. The lowest BCUT2D eigenvalue weighted by molar-refractivity contribution is -0.117. The second-order valence-electron chi connectivity index (χ2n) is 6.08. The third kappa shape index (κ3) is 4.20. The van der Waals surface area contributed by atoms with Crippen molar-refractivity contribution in [1.82, 2.24) is 0 Å². The first-order valence-corrected chi connectivity index (χ1v) is 7.96. The summed E-state index contributed by atoms with van der Waals surface area (Å²) in [6.45, 7) is 0. The lowest BCUT2D eigenvalue weighted by Crippen LogP contribution is -2.22. The summed E-state index contributed by atoms with van der Waals surface area (Å²) in [4.78, 5) is 12.3. The maximum absolute atomic E-state index is 12.3. The van der Waals surface area contributed by atoms with Gasteiger partial charge in [0.25, 0.3) is 0 Å². The zero-order chi connectivity index (χ0) is 16.2. The molecule has 0 aliphatic heterocycles. The number of nitrogens with one attached hydrogen (secondary N) is 1. The molecule has 0 fully saturated rings. The van der Waals surface area contributed by atoms with Gasteiger partial charge in [-0.05, 0) is 48.4 Å². The second kappa shape index (κ2) is 8.06. The molecule has 1 aliphatic rings. The summed E-state index contributed by atoms with van der Waals surface area (Å²) in [5, 5.41) is 2.91. The predicted molar refractivity (Wildman–Crippen MR) is 99.9 cm³/mol. The van der Waals surface area contributed by atoms with Gasteiger partial charge >= 0.3 is 0 Å². The number of methoxy groups -OCH3 is 1. The van der Waals surface area contributed by atoms with E-state index in [1.54, 1.807) is 25.3 Å². The van der Waals surface area contributed by atoms with E-state index in [2.05, 4.69) is 29.6 Å². The SMILES string of the molecule is COc1ccc(N)c(NC(=O)CC2CCc3ccccc3C2)c1.Cl. The number of anilines is 2. The molecule has 0 aromatic heterocycles. The molecule has 1 aliphatic carbocycles. The van der Waals surface area contributed by atoms with Crippen LogP contribution in [-0.4, -0.2) is 13.0 Å². The van der Waals surface area contributed by atoms with E-state index in [0.29, 0.717) is 29.5 Å². The number of carbonyl (C=O) groups is 1. The van der Waals surface area contributed by atoms with Crippen molar-refractivity contribution < 1.29 is 9.53 Å². The monoisotopic (exact) mass is 346 g/mol. The molecule has 128 valence electrons. The van der Waals surface area contributed by atoms with Gasteiger partial charge in [0.15, 0.2) is 0 Å².